The topological polar surface area (TPSA) is 52.6 Å². The minimum Gasteiger partial charge on any atom is -0.462 e. The van der Waals surface area contributed by atoms with Gasteiger partial charge in [-0.2, -0.15) is 0 Å². The van der Waals surface area contributed by atoms with Crippen molar-refractivity contribution in [1.29, 1.82) is 0 Å². The third-order valence-electron chi connectivity index (χ3n) is 7.04. The van der Waals surface area contributed by atoms with E-state index in [2.05, 4.69) is 98.9 Å². The lowest BCUT2D eigenvalue weighted by atomic mass is 10.1. The van der Waals surface area contributed by atoms with Gasteiger partial charge in [0.2, 0.25) is 0 Å². The minimum absolute atomic E-state index is 0.111. The fraction of sp³-hybridized carbons (Fsp3) is 0.610. The molecule has 1 atom stereocenters. The molecular weight excluding hydrogens is 556 g/mol. The van der Waals surface area contributed by atoms with Crippen LogP contribution in [0.25, 0.3) is 0 Å². The van der Waals surface area contributed by atoms with Crippen molar-refractivity contribution in [2.45, 2.75) is 155 Å². The summed E-state index contributed by atoms with van der Waals surface area (Å²) < 4.78 is 10.7. The molecule has 0 unspecified atom stereocenters. The highest BCUT2D eigenvalue weighted by Crippen LogP contribution is 2.07. The first-order valence-corrected chi connectivity index (χ1v) is 18.0. The molecule has 0 aliphatic carbocycles. The number of allylic oxidation sites excluding steroid dienone is 14. The highest BCUT2D eigenvalue weighted by molar-refractivity contribution is 5.70. The molecule has 0 bridgehead atoms. The normalized spacial score (nSPS) is 13.2. The standard InChI is InChI=1S/C41H66O4/c1-4-6-8-10-12-14-16-18-20-21-23-24-26-28-30-32-34-36-40(42)44-38-39(3)45-41(43)37-35-33-31-29-27-25-22-19-17-15-13-11-9-7-5-2/h12-15,18-20,22-24,27-30,39H,4-11,16-17,21,25-26,31-38H2,1-3H3/b14-12-,15-13-,20-18-,22-19-,24-23-,29-27-,30-28-/t39-/m0/s1. The van der Waals surface area contributed by atoms with Crippen molar-refractivity contribution in [3.8, 4) is 0 Å². The Morgan fingerprint density at radius 1 is 0.467 bits per heavy atom. The number of unbranched alkanes of at least 4 members (excludes halogenated alkanes) is 9. The number of ether oxygens (including phenoxy) is 2. The maximum Gasteiger partial charge on any atom is 0.306 e. The maximum absolute atomic E-state index is 12.1. The molecule has 0 amide bonds. The van der Waals surface area contributed by atoms with Crippen LogP contribution in [0.3, 0.4) is 0 Å². The van der Waals surface area contributed by atoms with Crippen LogP contribution in [0, 0.1) is 0 Å². The summed E-state index contributed by atoms with van der Waals surface area (Å²) in [6.07, 6.45) is 50.6. The van der Waals surface area contributed by atoms with Gasteiger partial charge in [-0.15, -0.1) is 0 Å². The van der Waals surface area contributed by atoms with Gasteiger partial charge < -0.3 is 9.47 Å². The first kappa shape index (κ1) is 42.1. The van der Waals surface area contributed by atoms with Gasteiger partial charge in [-0.05, 0) is 96.8 Å². The molecule has 0 heterocycles. The average molecular weight is 623 g/mol. The molecule has 4 heteroatoms. The number of carbonyl (C=O) groups is 2. The van der Waals surface area contributed by atoms with Crippen LogP contribution in [-0.2, 0) is 19.1 Å². The molecule has 0 radical (unpaired) electrons. The number of rotatable bonds is 30. The fourth-order valence-electron chi connectivity index (χ4n) is 4.35. The van der Waals surface area contributed by atoms with Crippen molar-refractivity contribution in [3.05, 3.63) is 85.1 Å². The summed E-state index contributed by atoms with van der Waals surface area (Å²) in [4.78, 5) is 24.1. The molecule has 0 aliphatic heterocycles. The van der Waals surface area contributed by atoms with Crippen molar-refractivity contribution >= 4 is 11.9 Å². The maximum atomic E-state index is 12.1. The van der Waals surface area contributed by atoms with Gasteiger partial charge >= 0.3 is 11.9 Å². The summed E-state index contributed by atoms with van der Waals surface area (Å²) in [5.41, 5.74) is 0. The van der Waals surface area contributed by atoms with Crippen LogP contribution in [0.1, 0.15) is 149 Å². The number of hydrogen-bond acceptors (Lipinski definition) is 4. The average Bonchev–Trinajstić information content (AvgIpc) is 3.03. The van der Waals surface area contributed by atoms with Gasteiger partial charge in [-0.25, -0.2) is 0 Å². The van der Waals surface area contributed by atoms with Gasteiger partial charge in [0.05, 0.1) is 0 Å². The van der Waals surface area contributed by atoms with Crippen LogP contribution in [0.4, 0.5) is 0 Å². The molecule has 45 heavy (non-hydrogen) atoms. The van der Waals surface area contributed by atoms with E-state index in [1.807, 2.05) is 0 Å². The van der Waals surface area contributed by atoms with E-state index in [0.29, 0.717) is 12.8 Å². The molecule has 0 fully saturated rings. The molecule has 254 valence electrons. The molecule has 0 aromatic heterocycles. The van der Waals surface area contributed by atoms with Gasteiger partial charge in [0.25, 0.3) is 0 Å². The molecule has 0 N–H and O–H groups in total. The molecule has 0 saturated heterocycles. The molecule has 4 nitrogen and oxygen atoms in total. The third kappa shape index (κ3) is 35.5. The first-order chi connectivity index (χ1) is 22.1. The second-order valence-corrected chi connectivity index (χ2v) is 11.6. The van der Waals surface area contributed by atoms with Crippen molar-refractivity contribution in [2.75, 3.05) is 6.61 Å². The van der Waals surface area contributed by atoms with Crippen molar-refractivity contribution in [1.82, 2.24) is 0 Å². The van der Waals surface area contributed by atoms with Crippen LogP contribution in [-0.4, -0.2) is 24.6 Å². The lowest BCUT2D eigenvalue weighted by Gasteiger charge is -2.13. The molecule has 0 saturated carbocycles. The van der Waals surface area contributed by atoms with Crippen LogP contribution in [0.15, 0.2) is 85.1 Å². The van der Waals surface area contributed by atoms with Gasteiger partial charge in [0.15, 0.2) is 0 Å². The van der Waals surface area contributed by atoms with Crippen LogP contribution in [0.2, 0.25) is 0 Å². The molecule has 0 aliphatic rings. The van der Waals surface area contributed by atoms with Crippen molar-refractivity contribution in [3.63, 3.8) is 0 Å². The Labute approximate surface area is 277 Å². The Hall–Kier alpha value is -2.88. The summed E-state index contributed by atoms with van der Waals surface area (Å²) in [6, 6.07) is 0. The largest absolute Gasteiger partial charge is 0.462 e. The summed E-state index contributed by atoms with van der Waals surface area (Å²) in [5, 5.41) is 0. The quantitative estimate of drug-likeness (QED) is 0.0454. The Morgan fingerprint density at radius 2 is 0.822 bits per heavy atom. The van der Waals surface area contributed by atoms with Crippen molar-refractivity contribution < 1.29 is 19.1 Å². The highest BCUT2D eigenvalue weighted by Gasteiger charge is 2.12. The van der Waals surface area contributed by atoms with E-state index in [1.165, 1.54) is 51.4 Å². The Bertz CT molecular complexity index is 887. The van der Waals surface area contributed by atoms with E-state index >= 15 is 0 Å². The van der Waals surface area contributed by atoms with E-state index < -0.39 is 6.10 Å². The number of esters is 2. The van der Waals surface area contributed by atoms with Crippen LogP contribution < -0.4 is 0 Å². The van der Waals surface area contributed by atoms with Crippen molar-refractivity contribution in [2.24, 2.45) is 0 Å². The van der Waals surface area contributed by atoms with E-state index in [-0.39, 0.29) is 18.5 Å². The number of hydrogen-bond donors (Lipinski definition) is 0. The molecule has 0 aromatic carbocycles. The van der Waals surface area contributed by atoms with Gasteiger partial charge in [0.1, 0.15) is 12.7 Å². The lowest BCUT2D eigenvalue weighted by molar-refractivity contribution is -0.158. The lowest BCUT2D eigenvalue weighted by Crippen LogP contribution is -2.22. The molecule has 0 spiro atoms. The summed E-state index contributed by atoms with van der Waals surface area (Å²) in [7, 11) is 0. The minimum atomic E-state index is -0.423. The Kier molecular flexibility index (Phi) is 33.3. The van der Waals surface area contributed by atoms with Crippen LogP contribution in [0.5, 0.6) is 0 Å². The smallest absolute Gasteiger partial charge is 0.306 e. The van der Waals surface area contributed by atoms with Gasteiger partial charge in [-0.1, -0.05) is 125 Å². The Morgan fingerprint density at radius 3 is 1.24 bits per heavy atom. The predicted octanol–water partition coefficient (Wildman–Crippen LogP) is 12.2. The predicted molar refractivity (Wildman–Crippen MR) is 194 cm³/mol. The van der Waals surface area contributed by atoms with E-state index in [0.717, 1.165) is 64.2 Å². The second-order valence-electron chi connectivity index (χ2n) is 11.6. The summed E-state index contributed by atoms with van der Waals surface area (Å²) in [6.45, 7) is 6.34. The summed E-state index contributed by atoms with van der Waals surface area (Å²) >= 11 is 0. The van der Waals surface area contributed by atoms with Crippen LogP contribution >= 0.6 is 0 Å². The van der Waals surface area contributed by atoms with Gasteiger partial charge in [0, 0.05) is 12.8 Å². The van der Waals surface area contributed by atoms with E-state index in [4.69, 9.17) is 9.47 Å². The Balaban J connectivity index is 3.67. The molecular formula is C41H66O4. The number of carbonyl (C=O) groups excluding carboxylic acids is 2. The van der Waals surface area contributed by atoms with E-state index in [1.54, 1.807) is 6.92 Å². The second kappa shape index (κ2) is 35.6. The van der Waals surface area contributed by atoms with Gasteiger partial charge in [-0.3, -0.25) is 9.59 Å². The zero-order valence-electron chi connectivity index (χ0n) is 29.1. The molecule has 0 aromatic rings. The first-order valence-electron chi connectivity index (χ1n) is 18.0. The zero-order valence-corrected chi connectivity index (χ0v) is 29.1. The third-order valence-corrected chi connectivity index (χ3v) is 7.04. The monoisotopic (exact) mass is 622 g/mol. The summed E-state index contributed by atoms with van der Waals surface area (Å²) in [5.74, 6) is -0.469. The zero-order chi connectivity index (χ0) is 32.9. The van der Waals surface area contributed by atoms with E-state index in [9.17, 15) is 9.59 Å². The molecule has 0 rings (SSSR count). The highest BCUT2D eigenvalue weighted by atomic mass is 16.6. The SMILES string of the molecule is CCCCC/C=C\C/C=C\C/C=C\C/C=C\CCCC(=O)OC[C@H](C)OC(=O)CCCC/C=C\C/C=C\C/C=C\CCCCC. The fourth-order valence-corrected chi connectivity index (χ4v) is 4.35.